The Morgan fingerprint density at radius 3 is 1.50 bits per heavy atom. The second-order valence-corrected chi connectivity index (χ2v) is 21.3. The summed E-state index contributed by atoms with van der Waals surface area (Å²) >= 11 is 0. The normalized spacial score (nSPS) is 12.8. The third-order valence-corrected chi connectivity index (χ3v) is 4.46. The maximum absolute atomic E-state index is 6.02. The van der Waals surface area contributed by atoms with Gasteiger partial charge < -0.3 is 13.3 Å². The highest BCUT2D eigenvalue weighted by atomic mass is 28.4. The Kier molecular flexibility index (Phi) is 7.00. The Bertz CT molecular complexity index is 339. The van der Waals surface area contributed by atoms with Crippen LogP contribution in [-0.2, 0) is 13.3 Å². The van der Waals surface area contributed by atoms with Gasteiger partial charge in [0.15, 0.2) is 8.32 Å². The first kappa shape index (κ1) is 19.7. The predicted molar refractivity (Wildman–Crippen MR) is 95.4 cm³/mol. The molecule has 0 bridgehead atoms. The van der Waals surface area contributed by atoms with Crippen molar-refractivity contribution >= 4 is 25.0 Å². The number of hydrogen-bond acceptors (Lipinski definition) is 3. The summed E-state index contributed by atoms with van der Waals surface area (Å²) in [6, 6.07) is 0. The van der Waals surface area contributed by atoms with Gasteiger partial charge in [-0.25, -0.2) is 0 Å². The van der Waals surface area contributed by atoms with Gasteiger partial charge in [0.25, 0.3) is 5.95 Å². The lowest BCUT2D eigenvalue weighted by molar-refractivity contribution is 0.215. The van der Waals surface area contributed by atoms with Crippen LogP contribution >= 0.6 is 0 Å². The summed E-state index contributed by atoms with van der Waals surface area (Å²) in [7, 11) is -4.90. The molecular formula is C14H32O3Si3. The van der Waals surface area contributed by atoms with Crippen LogP contribution in [0.25, 0.3) is 0 Å². The third-order valence-electron chi connectivity index (χ3n) is 1.83. The van der Waals surface area contributed by atoms with Gasteiger partial charge in [-0.3, -0.25) is 0 Å². The van der Waals surface area contributed by atoms with Crippen molar-refractivity contribution in [3.63, 3.8) is 0 Å². The van der Waals surface area contributed by atoms with Crippen LogP contribution < -0.4 is 0 Å². The van der Waals surface area contributed by atoms with Gasteiger partial charge in [0, 0.05) is 6.08 Å². The predicted octanol–water partition coefficient (Wildman–Crippen LogP) is 4.94. The minimum atomic E-state index is -1.69. The van der Waals surface area contributed by atoms with Gasteiger partial charge in [-0.1, -0.05) is 6.58 Å². The minimum Gasteiger partial charge on any atom is -0.521 e. The molecule has 0 rings (SSSR count). The summed E-state index contributed by atoms with van der Waals surface area (Å²) in [5.74, 6) is 0.618. The van der Waals surface area contributed by atoms with Gasteiger partial charge >= 0.3 is 0 Å². The molecule has 0 atom stereocenters. The van der Waals surface area contributed by atoms with Crippen molar-refractivity contribution in [1.82, 2.24) is 0 Å². The zero-order valence-electron chi connectivity index (χ0n) is 14.7. The standard InChI is InChI=1S/C14H32O3Si3/c1-13(12-15-18(2,3)4)11-14(16-19(5,6)7)17-20(8,9)10/h11H,1,12H2,2-10H3. The first-order valence-corrected chi connectivity index (χ1v) is 17.3. The average molecular weight is 333 g/mol. The van der Waals surface area contributed by atoms with E-state index in [1.165, 1.54) is 0 Å². The first-order valence-electron chi connectivity index (χ1n) is 7.09. The summed E-state index contributed by atoms with van der Waals surface area (Å²) in [5, 5.41) is 0. The molecule has 0 aromatic heterocycles. The molecule has 0 N–H and O–H groups in total. The molecule has 0 spiro atoms. The molecule has 0 aromatic carbocycles. The second-order valence-electron chi connectivity index (χ2n) is 7.95. The van der Waals surface area contributed by atoms with Crippen LogP contribution in [0.15, 0.2) is 24.2 Å². The Morgan fingerprint density at radius 1 is 0.800 bits per heavy atom. The lowest BCUT2D eigenvalue weighted by Gasteiger charge is -2.27. The molecule has 20 heavy (non-hydrogen) atoms. The number of rotatable bonds is 8. The van der Waals surface area contributed by atoms with Crippen molar-refractivity contribution in [3.8, 4) is 0 Å². The van der Waals surface area contributed by atoms with E-state index >= 15 is 0 Å². The van der Waals surface area contributed by atoms with Gasteiger partial charge in [-0.15, -0.1) is 0 Å². The third kappa shape index (κ3) is 12.7. The van der Waals surface area contributed by atoms with E-state index in [-0.39, 0.29) is 0 Å². The molecule has 0 heterocycles. The van der Waals surface area contributed by atoms with Gasteiger partial charge in [0.2, 0.25) is 16.6 Å². The molecular weight excluding hydrogens is 300 g/mol. The van der Waals surface area contributed by atoms with Crippen LogP contribution in [-0.4, -0.2) is 31.6 Å². The molecule has 0 aliphatic heterocycles. The molecule has 118 valence electrons. The van der Waals surface area contributed by atoms with Gasteiger partial charge in [0.05, 0.1) is 6.61 Å². The Morgan fingerprint density at radius 2 is 1.20 bits per heavy atom. The second kappa shape index (κ2) is 7.11. The van der Waals surface area contributed by atoms with E-state index in [0.717, 1.165) is 5.57 Å². The van der Waals surface area contributed by atoms with E-state index in [9.17, 15) is 0 Å². The summed E-state index contributed by atoms with van der Waals surface area (Å²) in [6.07, 6.45) is 1.90. The molecule has 0 fully saturated rings. The molecule has 0 amide bonds. The monoisotopic (exact) mass is 332 g/mol. The van der Waals surface area contributed by atoms with Crippen LogP contribution in [0.3, 0.4) is 0 Å². The fourth-order valence-corrected chi connectivity index (χ4v) is 3.31. The SMILES string of the molecule is C=C(C=C(O[Si](C)(C)C)O[Si](C)(C)C)CO[Si](C)(C)C. The molecule has 0 aliphatic rings. The minimum absolute atomic E-state index is 0.545. The maximum atomic E-state index is 6.02. The van der Waals surface area contributed by atoms with Gasteiger partial charge in [-0.05, 0) is 64.5 Å². The first-order chi connectivity index (χ1) is 8.68. The van der Waals surface area contributed by atoms with E-state index in [4.69, 9.17) is 13.3 Å². The summed E-state index contributed by atoms with van der Waals surface area (Å²) in [6.45, 7) is 24.0. The molecule has 0 saturated heterocycles. The summed E-state index contributed by atoms with van der Waals surface area (Å²) in [5.41, 5.74) is 0.902. The van der Waals surface area contributed by atoms with Crippen LogP contribution in [0.4, 0.5) is 0 Å². The van der Waals surface area contributed by atoms with Crippen LogP contribution in [0, 0.1) is 0 Å². The van der Waals surface area contributed by atoms with Crippen molar-refractivity contribution in [1.29, 1.82) is 0 Å². The maximum Gasteiger partial charge on any atom is 0.251 e. The molecule has 0 aliphatic carbocycles. The lowest BCUT2D eigenvalue weighted by atomic mass is 10.3. The summed E-state index contributed by atoms with van der Waals surface area (Å²) in [4.78, 5) is 0. The topological polar surface area (TPSA) is 27.7 Å². The van der Waals surface area contributed by atoms with Crippen LogP contribution in [0.5, 0.6) is 0 Å². The van der Waals surface area contributed by atoms with Crippen molar-refractivity contribution in [3.05, 3.63) is 24.2 Å². The Labute approximate surface area is 128 Å². The zero-order valence-corrected chi connectivity index (χ0v) is 17.7. The smallest absolute Gasteiger partial charge is 0.251 e. The van der Waals surface area contributed by atoms with E-state index < -0.39 is 25.0 Å². The fraction of sp³-hybridized carbons (Fsp3) is 0.714. The van der Waals surface area contributed by atoms with E-state index in [2.05, 4.69) is 65.5 Å². The molecule has 0 radical (unpaired) electrons. The van der Waals surface area contributed by atoms with E-state index in [1.807, 2.05) is 6.08 Å². The largest absolute Gasteiger partial charge is 0.521 e. The molecule has 0 aromatic rings. The van der Waals surface area contributed by atoms with Crippen molar-refractivity contribution in [2.75, 3.05) is 6.61 Å². The van der Waals surface area contributed by atoms with Crippen molar-refractivity contribution < 1.29 is 13.3 Å². The highest BCUT2D eigenvalue weighted by Gasteiger charge is 2.24. The van der Waals surface area contributed by atoms with Crippen molar-refractivity contribution in [2.24, 2.45) is 0 Å². The van der Waals surface area contributed by atoms with Crippen LogP contribution in [0.2, 0.25) is 58.9 Å². The quantitative estimate of drug-likeness (QED) is 0.358. The van der Waals surface area contributed by atoms with Gasteiger partial charge in [0.1, 0.15) is 0 Å². The molecule has 0 saturated carbocycles. The Balaban J connectivity index is 4.83. The lowest BCUT2D eigenvalue weighted by Crippen LogP contribution is -2.32. The summed E-state index contributed by atoms with van der Waals surface area (Å²) < 4.78 is 17.9. The zero-order chi connectivity index (χ0) is 16.2. The van der Waals surface area contributed by atoms with E-state index in [1.54, 1.807) is 0 Å². The van der Waals surface area contributed by atoms with E-state index in [0.29, 0.717) is 12.6 Å². The molecule has 6 heteroatoms. The average Bonchev–Trinajstić information content (AvgIpc) is 2.07. The van der Waals surface area contributed by atoms with Crippen molar-refractivity contribution in [2.45, 2.75) is 58.9 Å². The highest BCUT2D eigenvalue weighted by Crippen LogP contribution is 2.19. The number of hydrogen-bond donors (Lipinski definition) is 0. The van der Waals surface area contributed by atoms with Gasteiger partial charge in [-0.2, -0.15) is 0 Å². The van der Waals surface area contributed by atoms with Crippen LogP contribution in [0.1, 0.15) is 0 Å². The molecule has 0 unspecified atom stereocenters. The molecule has 3 nitrogen and oxygen atoms in total. The Hall–Kier alpha value is -0.309. The fourth-order valence-electron chi connectivity index (χ4n) is 1.20. The highest BCUT2D eigenvalue weighted by molar-refractivity contribution is 6.71.